The Morgan fingerprint density at radius 3 is 1.07 bits per heavy atom. The molecule has 0 amide bonds. The Balaban J connectivity index is 0.000000683. The molecule has 0 saturated carbocycles. The van der Waals surface area contributed by atoms with Crippen LogP contribution >= 0.6 is 63.7 Å². The van der Waals surface area contributed by atoms with Crippen molar-refractivity contribution < 1.29 is 37.8 Å². The fourth-order valence-electron chi connectivity index (χ4n) is 3.03. The number of carboxylic acids is 1. The summed E-state index contributed by atoms with van der Waals surface area (Å²) < 4.78 is 29.0. The fourth-order valence-corrected chi connectivity index (χ4v) is 4.09. The average Bonchev–Trinajstić information content (AvgIpc) is 3.02. The number of Topliss-reactive ketones (excluding diaryl/α,β-unsaturated/α-hetero) is 3. The van der Waals surface area contributed by atoms with Crippen molar-refractivity contribution in [1.29, 1.82) is 0 Å². The van der Waals surface area contributed by atoms with Crippen LogP contribution in [-0.2, 0) is 13.2 Å². The molecule has 0 spiro atoms. The molecule has 45 heavy (non-hydrogen) atoms. The van der Waals surface area contributed by atoms with E-state index in [2.05, 4.69) is 63.7 Å². The van der Waals surface area contributed by atoms with E-state index in [4.69, 9.17) is 18.3 Å². The summed E-state index contributed by atoms with van der Waals surface area (Å²) in [6, 6.07) is 27.5. The SMILES string of the molecule is CC(=O)O.O=C(C(=O)c1ccc(Br)cc1)c1ccc(Br)cc1.O=C(c1ccc(Br)cc1)C(O)c1ccc(Br)cc1.[O]=[Bi].[O]=[Bi]=[O]. The zero-order chi connectivity index (χ0) is 34.5. The topological polar surface area (TPSA) is 160 Å². The monoisotopic (exact) mass is 1260 g/mol. The summed E-state index contributed by atoms with van der Waals surface area (Å²) in [7, 11) is 0. The number of aliphatic hydroxyl groups is 1. The van der Waals surface area contributed by atoms with Gasteiger partial charge in [-0.15, -0.1) is 0 Å². The van der Waals surface area contributed by atoms with Gasteiger partial charge in [0.05, 0.1) is 0 Å². The van der Waals surface area contributed by atoms with Gasteiger partial charge in [0.2, 0.25) is 11.6 Å². The van der Waals surface area contributed by atoms with Crippen molar-refractivity contribution in [2.75, 3.05) is 0 Å². The second kappa shape index (κ2) is 24.6. The molecule has 15 heteroatoms. The van der Waals surface area contributed by atoms with Crippen LogP contribution in [0, 0.1) is 0 Å². The number of aliphatic carboxylic acids is 1. The summed E-state index contributed by atoms with van der Waals surface area (Å²) in [6.45, 7) is 1.08. The van der Waals surface area contributed by atoms with Crippen LogP contribution in [0.15, 0.2) is 115 Å². The number of rotatable bonds is 6. The summed E-state index contributed by atoms with van der Waals surface area (Å²) in [5.41, 5.74) is 1.87. The van der Waals surface area contributed by atoms with E-state index < -0.39 is 46.9 Å². The van der Waals surface area contributed by atoms with E-state index in [-0.39, 0.29) is 30.5 Å². The summed E-state index contributed by atoms with van der Waals surface area (Å²) in [4.78, 5) is 45.0. The number of carboxylic acid groups (broad SMARTS) is 1. The number of aliphatic hydroxyl groups excluding tert-OH is 1. The van der Waals surface area contributed by atoms with Crippen LogP contribution in [0.2, 0.25) is 0 Å². The summed E-state index contributed by atoms with van der Waals surface area (Å²) in [6.07, 6.45) is -1.13. The Bertz CT molecular complexity index is 1520. The van der Waals surface area contributed by atoms with Gasteiger partial charge in [-0.25, -0.2) is 0 Å². The summed E-state index contributed by atoms with van der Waals surface area (Å²) in [5, 5.41) is 17.4. The molecule has 4 aromatic rings. The Labute approximate surface area is 319 Å². The molecule has 0 aliphatic rings. The first kappa shape index (κ1) is 43.4. The normalized spacial score (nSPS) is 9.73. The van der Waals surface area contributed by atoms with Gasteiger partial charge in [-0.3, -0.25) is 19.2 Å². The quantitative estimate of drug-likeness (QED) is 0.114. The molecule has 1 unspecified atom stereocenters. The van der Waals surface area contributed by atoms with Crippen molar-refractivity contribution in [1.82, 2.24) is 0 Å². The second-order valence-electron chi connectivity index (χ2n) is 8.09. The first-order valence-corrected chi connectivity index (χ1v) is 19.4. The van der Waals surface area contributed by atoms with Crippen LogP contribution in [0.25, 0.3) is 0 Å². The van der Waals surface area contributed by atoms with E-state index in [0.29, 0.717) is 22.3 Å². The first-order chi connectivity index (χ1) is 21.3. The minimum absolute atomic E-state index is 0.194. The molecule has 2 radical (unpaired) electrons. The number of hydrogen-bond donors (Lipinski definition) is 2. The van der Waals surface area contributed by atoms with Gasteiger partial charge in [0.15, 0.2) is 5.78 Å². The Kier molecular flexibility index (Phi) is 23.7. The minimum atomic E-state index is -2.33. The zero-order valence-corrected chi connectivity index (χ0v) is 36.3. The molecular formula is C30H22Bi2Br4O9. The van der Waals surface area contributed by atoms with E-state index in [1.54, 1.807) is 97.1 Å². The van der Waals surface area contributed by atoms with E-state index in [1.165, 1.54) is 0 Å². The van der Waals surface area contributed by atoms with Gasteiger partial charge in [0, 0.05) is 41.5 Å². The predicted octanol–water partition coefficient (Wildman–Crippen LogP) is 7.38. The molecule has 0 aromatic heterocycles. The van der Waals surface area contributed by atoms with Crippen molar-refractivity contribution in [2.24, 2.45) is 0 Å². The van der Waals surface area contributed by atoms with E-state index in [1.807, 2.05) is 0 Å². The van der Waals surface area contributed by atoms with E-state index >= 15 is 0 Å². The molecule has 0 saturated heterocycles. The summed E-state index contributed by atoms with van der Waals surface area (Å²) in [5.74, 6) is -2.13. The molecule has 0 aliphatic carbocycles. The van der Waals surface area contributed by atoms with Crippen LogP contribution < -0.4 is 0 Å². The van der Waals surface area contributed by atoms with E-state index in [9.17, 15) is 19.5 Å². The van der Waals surface area contributed by atoms with Crippen molar-refractivity contribution in [2.45, 2.75) is 13.0 Å². The van der Waals surface area contributed by atoms with Crippen LogP contribution in [0.4, 0.5) is 0 Å². The molecule has 234 valence electrons. The van der Waals surface area contributed by atoms with Gasteiger partial charge in [-0.05, 0) is 78.4 Å². The van der Waals surface area contributed by atoms with Crippen molar-refractivity contribution in [3.63, 3.8) is 0 Å². The molecular weight excluding hydrogens is 1240 g/mol. The number of carbonyl (C=O) groups excluding carboxylic acids is 3. The number of carbonyl (C=O) groups is 4. The standard InChI is InChI=1S/C14H10Br2O2.C14H8Br2O2.C2H4O2.2Bi.3O/c2*15-11-5-1-9(2-6-11)13(17)14(18)10-3-7-12(16)8-4-10;1-2(3)4;;;;;/h1-8,13,17H;1-8H;1H3,(H,3,4);;;;;. The number of ketones is 3. The number of halogens is 4. The average molecular weight is 1260 g/mol. The molecule has 4 rings (SSSR count). The number of benzene rings is 4. The second-order valence-corrected chi connectivity index (χ2v) is 12.3. The molecule has 0 bridgehead atoms. The van der Waals surface area contributed by atoms with Gasteiger partial charge in [0.1, 0.15) is 6.10 Å². The Morgan fingerprint density at radius 1 is 0.578 bits per heavy atom. The Morgan fingerprint density at radius 2 is 0.800 bits per heavy atom. The van der Waals surface area contributed by atoms with Crippen molar-refractivity contribution >= 4 is 135 Å². The van der Waals surface area contributed by atoms with E-state index in [0.717, 1.165) is 24.8 Å². The van der Waals surface area contributed by atoms with Gasteiger partial charge in [-0.1, -0.05) is 88.0 Å². The van der Waals surface area contributed by atoms with Crippen molar-refractivity contribution in [3.05, 3.63) is 137 Å². The van der Waals surface area contributed by atoms with Crippen molar-refractivity contribution in [3.8, 4) is 0 Å². The third-order valence-corrected chi connectivity index (χ3v) is 7.10. The Hall–Kier alpha value is -1.59. The third-order valence-electron chi connectivity index (χ3n) is 4.98. The van der Waals surface area contributed by atoms with Gasteiger partial charge >= 0.3 is 56.4 Å². The van der Waals surface area contributed by atoms with Gasteiger partial charge < -0.3 is 10.2 Å². The van der Waals surface area contributed by atoms with Crippen LogP contribution in [0.1, 0.15) is 49.7 Å². The zero-order valence-electron chi connectivity index (χ0n) is 23.0. The maximum absolute atomic E-state index is 12.1. The van der Waals surface area contributed by atoms with Gasteiger partial charge in [-0.2, -0.15) is 0 Å². The molecule has 1 atom stereocenters. The number of hydrogen-bond acceptors (Lipinski definition) is 8. The molecule has 4 aromatic carbocycles. The molecule has 0 fully saturated rings. The predicted molar refractivity (Wildman–Crippen MR) is 181 cm³/mol. The molecule has 9 nitrogen and oxygen atoms in total. The summed E-state index contributed by atoms with van der Waals surface area (Å²) >= 11 is 11.0. The fraction of sp³-hybridized carbons (Fsp3) is 0.0667. The maximum atomic E-state index is 12.1. The molecule has 2 N–H and O–H groups in total. The van der Waals surface area contributed by atoms with Crippen LogP contribution in [0.3, 0.4) is 0 Å². The third kappa shape index (κ3) is 17.8. The van der Waals surface area contributed by atoms with Gasteiger partial charge in [0.25, 0.3) is 5.97 Å². The van der Waals surface area contributed by atoms with Crippen LogP contribution in [0.5, 0.6) is 0 Å². The van der Waals surface area contributed by atoms with Crippen LogP contribution in [-0.4, -0.2) is 81.5 Å². The first-order valence-electron chi connectivity index (χ1n) is 12.0. The molecule has 0 aliphatic heterocycles. The molecule has 0 heterocycles.